The molecule has 2 aromatic carbocycles. The largest absolute Gasteiger partial charge is 0.426 e. The molecule has 0 aliphatic heterocycles. The zero-order valence-electron chi connectivity index (χ0n) is 10.6. The Bertz CT molecular complexity index is 924. The molecule has 3 aromatic rings. The smallest absolute Gasteiger partial charge is 0.409 e. The van der Waals surface area contributed by atoms with Crippen LogP contribution in [0.4, 0.5) is 4.39 Å². The van der Waals surface area contributed by atoms with Gasteiger partial charge in [-0.15, -0.1) is 0 Å². The zero-order valence-corrected chi connectivity index (χ0v) is 10.6. The molecule has 5 heteroatoms. The average molecular weight is 271 g/mol. The van der Waals surface area contributed by atoms with Crippen LogP contribution in [0, 0.1) is 12.7 Å². The quantitative estimate of drug-likeness (QED) is 0.683. The van der Waals surface area contributed by atoms with E-state index >= 15 is 0 Å². The van der Waals surface area contributed by atoms with Crippen molar-refractivity contribution in [1.82, 2.24) is 4.57 Å². The van der Waals surface area contributed by atoms with Gasteiger partial charge in [0.05, 0.1) is 11.1 Å². The summed E-state index contributed by atoms with van der Waals surface area (Å²) in [5, 5.41) is 0.277. The first-order valence-corrected chi connectivity index (χ1v) is 5.99. The first-order chi connectivity index (χ1) is 9.56. The molecule has 0 unspecified atom stereocenters. The number of rotatable bonds is 1. The first-order valence-electron chi connectivity index (χ1n) is 5.99. The van der Waals surface area contributed by atoms with E-state index in [0.29, 0.717) is 0 Å². The lowest BCUT2D eigenvalue weighted by molar-refractivity contribution is 0.503. The maximum Gasteiger partial charge on any atom is 0.426 e. The van der Waals surface area contributed by atoms with Crippen LogP contribution in [0.3, 0.4) is 0 Å². The summed E-state index contributed by atoms with van der Waals surface area (Å²) in [5.41, 5.74) is 0.726. The van der Waals surface area contributed by atoms with Gasteiger partial charge in [-0.3, -0.25) is 4.79 Å². The molecule has 3 rings (SSSR count). The maximum atomic E-state index is 13.2. The van der Waals surface area contributed by atoms with E-state index in [2.05, 4.69) is 0 Å². The molecule has 0 saturated heterocycles. The van der Waals surface area contributed by atoms with E-state index in [1.807, 2.05) is 6.92 Å². The molecule has 4 nitrogen and oxygen atoms in total. The van der Waals surface area contributed by atoms with Gasteiger partial charge in [0.1, 0.15) is 11.4 Å². The Morgan fingerprint density at radius 2 is 1.90 bits per heavy atom. The number of hydrogen-bond donors (Lipinski definition) is 0. The minimum atomic E-state index is -0.835. The van der Waals surface area contributed by atoms with E-state index in [9.17, 15) is 14.0 Å². The van der Waals surface area contributed by atoms with Crippen molar-refractivity contribution in [2.75, 3.05) is 0 Å². The third-order valence-corrected chi connectivity index (χ3v) is 3.02. The van der Waals surface area contributed by atoms with E-state index in [4.69, 9.17) is 4.42 Å². The van der Waals surface area contributed by atoms with Crippen LogP contribution in [0.1, 0.15) is 5.56 Å². The summed E-state index contributed by atoms with van der Waals surface area (Å²) in [7, 11) is 0. The molecule has 0 radical (unpaired) electrons. The van der Waals surface area contributed by atoms with Crippen LogP contribution in [0.25, 0.3) is 16.7 Å². The maximum absolute atomic E-state index is 13.2. The molecule has 0 aliphatic carbocycles. The molecule has 0 saturated carbocycles. The molecule has 0 spiro atoms. The second-order valence-corrected chi connectivity index (χ2v) is 4.49. The van der Waals surface area contributed by atoms with Gasteiger partial charge < -0.3 is 4.42 Å². The van der Waals surface area contributed by atoms with E-state index in [1.54, 1.807) is 18.2 Å². The molecular weight excluding hydrogens is 261 g/mol. The van der Waals surface area contributed by atoms with Gasteiger partial charge in [0, 0.05) is 0 Å². The van der Waals surface area contributed by atoms with E-state index in [0.717, 1.165) is 16.2 Å². The second kappa shape index (κ2) is 4.45. The van der Waals surface area contributed by atoms with Crippen LogP contribution < -0.4 is 11.3 Å². The third-order valence-electron chi connectivity index (χ3n) is 3.02. The van der Waals surface area contributed by atoms with Crippen molar-refractivity contribution in [1.29, 1.82) is 0 Å². The van der Waals surface area contributed by atoms with Gasteiger partial charge in [0.15, 0.2) is 0 Å². The fourth-order valence-corrected chi connectivity index (χ4v) is 2.07. The Kier molecular flexibility index (Phi) is 2.75. The van der Waals surface area contributed by atoms with Crippen LogP contribution >= 0.6 is 0 Å². The van der Waals surface area contributed by atoms with Gasteiger partial charge in [0.25, 0.3) is 5.56 Å². The summed E-state index contributed by atoms with van der Waals surface area (Å²) < 4.78 is 19.2. The molecule has 20 heavy (non-hydrogen) atoms. The van der Waals surface area contributed by atoms with Crippen molar-refractivity contribution in [3.05, 3.63) is 74.7 Å². The molecule has 100 valence electrons. The number of aryl methyl sites for hydroxylation is 1. The van der Waals surface area contributed by atoms with Crippen LogP contribution in [0.5, 0.6) is 0 Å². The molecule has 0 aliphatic rings. The topological polar surface area (TPSA) is 52.2 Å². The minimum absolute atomic E-state index is 0.145. The number of fused-ring (bicyclic) bond motifs is 1. The predicted octanol–water partition coefficient (Wildman–Crippen LogP) is 2.39. The molecule has 0 atom stereocenters. The monoisotopic (exact) mass is 271 g/mol. The van der Waals surface area contributed by atoms with Gasteiger partial charge in [0.2, 0.25) is 0 Å². The van der Waals surface area contributed by atoms with Gasteiger partial charge >= 0.3 is 5.76 Å². The predicted molar refractivity (Wildman–Crippen MR) is 72.8 cm³/mol. The van der Waals surface area contributed by atoms with Crippen LogP contribution in [0.15, 0.2) is 56.5 Å². The van der Waals surface area contributed by atoms with Gasteiger partial charge in [-0.1, -0.05) is 12.1 Å². The van der Waals surface area contributed by atoms with Crippen molar-refractivity contribution in [2.45, 2.75) is 6.92 Å². The summed E-state index contributed by atoms with van der Waals surface area (Å²) in [6, 6.07) is 10.2. The van der Waals surface area contributed by atoms with E-state index < -0.39 is 17.1 Å². The van der Waals surface area contributed by atoms with E-state index in [-0.39, 0.29) is 16.7 Å². The number of halogens is 1. The SMILES string of the molecule is Cc1ccc2c(=O)n(-c3cccc(F)c3)c(=O)oc2c1. The number of hydrogen-bond acceptors (Lipinski definition) is 3. The fraction of sp³-hybridized carbons (Fsp3) is 0.0667. The Balaban J connectivity index is 2.41. The van der Waals surface area contributed by atoms with Crippen LogP contribution in [-0.2, 0) is 0 Å². The van der Waals surface area contributed by atoms with Gasteiger partial charge in [-0.2, -0.15) is 0 Å². The summed E-state index contributed by atoms with van der Waals surface area (Å²) in [6.45, 7) is 1.83. The molecule has 1 heterocycles. The second-order valence-electron chi connectivity index (χ2n) is 4.49. The molecule has 0 N–H and O–H groups in total. The Labute approximate surface area is 112 Å². The summed E-state index contributed by atoms with van der Waals surface area (Å²) in [6.07, 6.45) is 0. The zero-order chi connectivity index (χ0) is 14.3. The highest BCUT2D eigenvalue weighted by Crippen LogP contribution is 2.12. The summed E-state index contributed by atoms with van der Waals surface area (Å²) >= 11 is 0. The highest BCUT2D eigenvalue weighted by atomic mass is 19.1. The fourth-order valence-electron chi connectivity index (χ4n) is 2.07. The highest BCUT2D eigenvalue weighted by molar-refractivity contribution is 5.76. The van der Waals surface area contributed by atoms with Gasteiger partial charge in [-0.05, 0) is 42.8 Å². The van der Waals surface area contributed by atoms with Crippen molar-refractivity contribution in [2.24, 2.45) is 0 Å². The number of nitrogens with zero attached hydrogens (tertiary/aromatic N) is 1. The number of benzene rings is 2. The molecule has 0 amide bonds. The normalized spacial score (nSPS) is 10.9. The third kappa shape index (κ3) is 1.93. The van der Waals surface area contributed by atoms with Crippen LogP contribution in [0.2, 0.25) is 0 Å². The molecule has 0 bridgehead atoms. The summed E-state index contributed by atoms with van der Waals surface area (Å²) in [4.78, 5) is 24.3. The lowest BCUT2D eigenvalue weighted by Crippen LogP contribution is -2.31. The molecular formula is C15H10FNO3. The first kappa shape index (κ1) is 12.3. The average Bonchev–Trinajstić information content (AvgIpc) is 2.38. The lowest BCUT2D eigenvalue weighted by Gasteiger charge is -2.05. The Morgan fingerprint density at radius 3 is 2.65 bits per heavy atom. The lowest BCUT2D eigenvalue weighted by atomic mass is 10.2. The van der Waals surface area contributed by atoms with Crippen molar-refractivity contribution in [3.63, 3.8) is 0 Å². The standard InChI is InChI=1S/C15H10FNO3/c1-9-5-6-12-13(7-9)20-15(19)17(14(12)18)11-4-2-3-10(16)8-11/h2-8H,1H3. The van der Waals surface area contributed by atoms with E-state index in [1.165, 1.54) is 18.2 Å². The van der Waals surface area contributed by atoms with Crippen molar-refractivity contribution < 1.29 is 8.81 Å². The Hall–Kier alpha value is -2.69. The summed E-state index contributed by atoms with van der Waals surface area (Å²) in [5.74, 6) is -1.36. The van der Waals surface area contributed by atoms with Crippen LogP contribution in [-0.4, -0.2) is 4.57 Å². The Morgan fingerprint density at radius 1 is 1.10 bits per heavy atom. The van der Waals surface area contributed by atoms with Gasteiger partial charge in [-0.25, -0.2) is 13.8 Å². The minimum Gasteiger partial charge on any atom is -0.409 e. The number of aromatic nitrogens is 1. The molecule has 0 fully saturated rings. The highest BCUT2D eigenvalue weighted by Gasteiger charge is 2.11. The van der Waals surface area contributed by atoms with Crippen molar-refractivity contribution in [3.8, 4) is 5.69 Å². The van der Waals surface area contributed by atoms with Crippen molar-refractivity contribution >= 4 is 11.0 Å². The molecule has 1 aromatic heterocycles.